The van der Waals surface area contributed by atoms with E-state index in [1.807, 2.05) is 0 Å². The molecular weight excluding hydrogens is 280 g/mol. The Labute approximate surface area is 103 Å². The molecule has 0 fully saturated rings. The fourth-order valence-corrected chi connectivity index (χ4v) is 3.35. The summed E-state index contributed by atoms with van der Waals surface area (Å²) in [7, 11) is -6.00. The molecule has 0 bridgehead atoms. The van der Waals surface area contributed by atoms with Crippen LogP contribution >= 0.6 is 0 Å². The summed E-state index contributed by atoms with van der Waals surface area (Å²) in [6.07, 6.45) is 0. The molecule has 0 aromatic rings. The van der Waals surface area contributed by atoms with Crippen molar-refractivity contribution < 1.29 is 17.3 Å². The Morgan fingerprint density at radius 2 is 1.25 bits per heavy atom. The second-order valence-corrected chi connectivity index (χ2v) is 6.72. The second kappa shape index (κ2) is 4.98. The van der Waals surface area contributed by atoms with Crippen LogP contribution in [0.4, 0.5) is 17.3 Å². The predicted octanol–water partition coefficient (Wildman–Crippen LogP) is 3.30. The van der Waals surface area contributed by atoms with E-state index in [4.69, 9.17) is 0 Å². The number of allylic oxidation sites excluding steroid dienone is 4. The van der Waals surface area contributed by atoms with Gasteiger partial charge in [0.2, 0.25) is 0 Å². The topological polar surface area (TPSA) is 0 Å². The normalized spacial score (nSPS) is 20.1. The van der Waals surface area contributed by atoms with Gasteiger partial charge in [-0.3, -0.25) is 0 Å². The fraction of sp³-hybridized carbons (Fsp3) is 0.600. The van der Waals surface area contributed by atoms with Crippen molar-refractivity contribution in [3.63, 3.8) is 0 Å². The summed E-state index contributed by atoms with van der Waals surface area (Å²) in [5.41, 5.74) is 5.09. The van der Waals surface area contributed by atoms with Crippen molar-refractivity contribution >= 4 is 23.8 Å². The van der Waals surface area contributed by atoms with Gasteiger partial charge in [-0.1, -0.05) is 0 Å². The van der Waals surface area contributed by atoms with Gasteiger partial charge in [-0.25, -0.2) is 0 Å². The van der Waals surface area contributed by atoms with Crippen LogP contribution in [-0.2, 0) is 0 Å². The molecule has 94 valence electrons. The van der Waals surface area contributed by atoms with Gasteiger partial charge >= 0.3 is 84.9 Å². The monoisotopic (exact) mass is 299 g/mol. The summed E-state index contributed by atoms with van der Waals surface area (Å²) < 4.78 is 40.7. The van der Waals surface area contributed by atoms with E-state index in [-0.39, 0.29) is 0 Å². The van der Waals surface area contributed by atoms with E-state index in [1.165, 1.54) is 5.57 Å². The first kappa shape index (κ1) is 15.8. The molecule has 0 saturated carbocycles. The molecule has 0 aliphatic heterocycles. The molecule has 0 N–H and O–H groups in total. The maximum atomic E-state index is 9.75. The minimum Gasteiger partial charge on any atom is -0.418 e. The third-order valence-electron chi connectivity index (χ3n) is 3.56. The third-order valence-corrected chi connectivity index (χ3v) is 7.76. The number of hydrogen-bond acceptors (Lipinski definition) is 0. The van der Waals surface area contributed by atoms with E-state index in [1.54, 1.807) is 15.6 Å². The molecule has 0 saturated heterocycles. The molecule has 0 nitrogen and oxygen atoms in total. The molecule has 0 heterocycles. The summed E-state index contributed by atoms with van der Waals surface area (Å²) >= 11 is 0.847. The van der Waals surface area contributed by atoms with Crippen LogP contribution in [0.3, 0.4) is 0 Å². The summed E-state index contributed by atoms with van der Waals surface area (Å²) in [5.74, 6) is 0. The zero-order valence-corrected chi connectivity index (χ0v) is 14.8. The Hall–Kier alpha value is -0.192. The van der Waals surface area contributed by atoms with Crippen LogP contribution in [-0.4, -0.2) is 23.8 Å². The van der Waals surface area contributed by atoms with E-state index < -0.39 is 7.25 Å². The van der Waals surface area contributed by atoms with Gasteiger partial charge in [0.05, 0.1) is 0 Å². The Morgan fingerprint density at radius 1 is 0.938 bits per heavy atom. The Balaban J connectivity index is 0.000000385. The van der Waals surface area contributed by atoms with Crippen molar-refractivity contribution in [1.82, 2.24) is 0 Å². The molecule has 16 heavy (non-hydrogen) atoms. The number of rotatable bonds is 0. The first-order chi connectivity index (χ1) is 6.89. The van der Waals surface area contributed by atoms with E-state index in [0.717, 1.165) is 16.5 Å². The molecule has 0 aromatic heterocycles. The van der Waals surface area contributed by atoms with Crippen LogP contribution in [0.2, 0.25) is 0 Å². The van der Waals surface area contributed by atoms with Gasteiger partial charge in [-0.05, 0) is 0 Å². The van der Waals surface area contributed by atoms with Crippen LogP contribution in [0, 0.1) is 5.41 Å². The van der Waals surface area contributed by atoms with Crippen LogP contribution in [0.5, 0.6) is 0 Å². The van der Waals surface area contributed by atoms with Crippen molar-refractivity contribution in [1.29, 1.82) is 0 Å². The quantitative estimate of drug-likeness (QED) is 0.475. The third kappa shape index (κ3) is 4.00. The standard InChI is InChI=1S/C10H18Ge.BF4/c1-6-7(2)9(11)10(4,5)8(6)3;2-1(3,4)5/h1-5,11H3;/q;-1. The van der Waals surface area contributed by atoms with Gasteiger partial charge < -0.3 is 17.3 Å². The summed E-state index contributed by atoms with van der Waals surface area (Å²) in [4.78, 5) is 0. The van der Waals surface area contributed by atoms with E-state index in [2.05, 4.69) is 34.6 Å². The van der Waals surface area contributed by atoms with Crippen molar-refractivity contribution in [3.05, 3.63) is 21.1 Å². The van der Waals surface area contributed by atoms with Crippen LogP contribution < -0.4 is 0 Å². The Bertz CT molecular complexity index is 307. The molecule has 0 unspecified atom stereocenters. The first-order valence-corrected chi connectivity index (χ1v) is 7.22. The summed E-state index contributed by atoms with van der Waals surface area (Å²) in [6, 6.07) is 0. The molecule has 0 atom stereocenters. The molecular formula is C10H18BF4Ge-. The maximum Gasteiger partial charge on any atom is 0.673 e. The second-order valence-electron chi connectivity index (χ2n) is 4.62. The number of hydrogen-bond donors (Lipinski definition) is 0. The van der Waals surface area contributed by atoms with E-state index in [9.17, 15) is 17.3 Å². The molecule has 1 aliphatic carbocycles. The number of halogens is 4. The molecule has 0 radical (unpaired) electrons. The van der Waals surface area contributed by atoms with Gasteiger partial charge in [-0.15, -0.1) is 0 Å². The average molecular weight is 298 g/mol. The Kier molecular flexibility index (Phi) is 4.92. The summed E-state index contributed by atoms with van der Waals surface area (Å²) in [6.45, 7) is 11.5. The van der Waals surface area contributed by atoms with Gasteiger partial charge in [0.25, 0.3) is 0 Å². The van der Waals surface area contributed by atoms with Crippen molar-refractivity contribution in [3.8, 4) is 0 Å². The van der Waals surface area contributed by atoms with Gasteiger partial charge in [0.1, 0.15) is 0 Å². The van der Waals surface area contributed by atoms with E-state index >= 15 is 0 Å². The molecule has 1 rings (SSSR count). The van der Waals surface area contributed by atoms with Crippen LogP contribution in [0.1, 0.15) is 34.6 Å². The molecule has 0 spiro atoms. The zero-order valence-electron chi connectivity index (χ0n) is 10.6. The van der Waals surface area contributed by atoms with E-state index in [0.29, 0.717) is 5.41 Å². The molecule has 6 heteroatoms. The van der Waals surface area contributed by atoms with Gasteiger partial charge in [0, 0.05) is 0 Å². The van der Waals surface area contributed by atoms with Gasteiger partial charge in [0.15, 0.2) is 0 Å². The SMILES string of the molecule is CC1=C(C)C(C)(C)[C]([GeH3])=C1C.F[B-](F)(F)F. The fourth-order valence-electron chi connectivity index (χ4n) is 1.78. The molecule has 1 aliphatic rings. The maximum absolute atomic E-state index is 9.75. The van der Waals surface area contributed by atoms with Crippen molar-refractivity contribution in [2.75, 3.05) is 0 Å². The summed E-state index contributed by atoms with van der Waals surface area (Å²) in [5, 5.41) is 0. The molecule has 0 amide bonds. The first-order valence-electron chi connectivity index (χ1n) is 5.12. The smallest absolute Gasteiger partial charge is 0.418 e. The van der Waals surface area contributed by atoms with Gasteiger partial charge in [-0.2, -0.15) is 0 Å². The zero-order chi connectivity index (χ0) is 13.3. The minimum atomic E-state index is -6.00. The Morgan fingerprint density at radius 3 is 1.31 bits per heavy atom. The van der Waals surface area contributed by atoms with Crippen LogP contribution in [0.25, 0.3) is 0 Å². The average Bonchev–Trinajstić information content (AvgIpc) is 2.19. The van der Waals surface area contributed by atoms with Crippen molar-refractivity contribution in [2.45, 2.75) is 34.6 Å². The largest absolute Gasteiger partial charge is 0.673 e. The molecule has 0 aromatic carbocycles. The minimum absolute atomic E-state index is 0.397. The van der Waals surface area contributed by atoms with Crippen LogP contribution in [0.15, 0.2) is 21.1 Å². The predicted molar refractivity (Wildman–Crippen MR) is 65.0 cm³/mol. The van der Waals surface area contributed by atoms with Crippen molar-refractivity contribution in [2.24, 2.45) is 5.41 Å².